The summed E-state index contributed by atoms with van der Waals surface area (Å²) in [5.41, 5.74) is 0. The first kappa shape index (κ1) is 7.06. The standard InChI is InChI=1S/C7H11NO3/c1-7(2)10-5-3-8(9)4-6(5)11-7/h3,5-6H,4H2,1-2H3/t5-,6+/m1/s1. The van der Waals surface area contributed by atoms with Gasteiger partial charge in [0.1, 0.15) is 0 Å². The van der Waals surface area contributed by atoms with E-state index in [4.69, 9.17) is 9.47 Å². The molecule has 0 spiro atoms. The van der Waals surface area contributed by atoms with E-state index in [0.717, 1.165) is 4.74 Å². The Morgan fingerprint density at radius 1 is 1.55 bits per heavy atom. The second-order valence-corrected chi connectivity index (χ2v) is 3.39. The van der Waals surface area contributed by atoms with Crippen molar-refractivity contribution in [1.82, 2.24) is 0 Å². The van der Waals surface area contributed by atoms with Crippen molar-refractivity contribution in [2.45, 2.75) is 31.8 Å². The molecule has 2 heterocycles. The summed E-state index contributed by atoms with van der Waals surface area (Å²) in [6.45, 7) is 4.11. The molecule has 0 amide bonds. The topological polar surface area (TPSA) is 44.5 Å². The number of rotatable bonds is 0. The fourth-order valence-electron chi connectivity index (χ4n) is 1.53. The highest BCUT2D eigenvalue weighted by molar-refractivity contribution is 5.61. The maximum atomic E-state index is 10.8. The van der Waals surface area contributed by atoms with Gasteiger partial charge < -0.3 is 14.7 Å². The van der Waals surface area contributed by atoms with Crippen molar-refractivity contribution in [2.75, 3.05) is 6.54 Å². The van der Waals surface area contributed by atoms with Crippen molar-refractivity contribution < 1.29 is 14.2 Å². The summed E-state index contributed by atoms with van der Waals surface area (Å²) in [6, 6.07) is 0. The van der Waals surface area contributed by atoms with Crippen LogP contribution >= 0.6 is 0 Å². The molecular weight excluding hydrogens is 146 g/mol. The maximum Gasteiger partial charge on any atom is 0.183 e. The van der Waals surface area contributed by atoms with Crippen molar-refractivity contribution in [3.63, 3.8) is 0 Å². The van der Waals surface area contributed by atoms with Gasteiger partial charge in [0.2, 0.25) is 0 Å². The van der Waals surface area contributed by atoms with E-state index in [1.807, 2.05) is 13.8 Å². The summed E-state index contributed by atoms with van der Waals surface area (Å²) < 4.78 is 11.7. The third kappa shape index (κ3) is 1.12. The van der Waals surface area contributed by atoms with E-state index >= 15 is 0 Å². The monoisotopic (exact) mass is 157 g/mol. The SMILES string of the molecule is CC1(C)O[C@H]2C[N+]([O-])=C[C@H]2O1. The van der Waals surface area contributed by atoms with Crippen molar-refractivity contribution in [3.05, 3.63) is 5.21 Å². The highest BCUT2D eigenvalue weighted by Crippen LogP contribution is 2.29. The van der Waals surface area contributed by atoms with Gasteiger partial charge in [0.25, 0.3) is 0 Å². The maximum absolute atomic E-state index is 10.8. The smallest absolute Gasteiger partial charge is 0.183 e. The summed E-state index contributed by atoms with van der Waals surface area (Å²) in [5, 5.41) is 10.8. The fourth-order valence-corrected chi connectivity index (χ4v) is 1.53. The number of hydrogen-bond acceptors (Lipinski definition) is 3. The van der Waals surface area contributed by atoms with Gasteiger partial charge in [0, 0.05) is 0 Å². The third-order valence-corrected chi connectivity index (χ3v) is 1.89. The first-order chi connectivity index (χ1) is 5.07. The van der Waals surface area contributed by atoms with Gasteiger partial charge in [-0.25, -0.2) is 4.74 Å². The van der Waals surface area contributed by atoms with E-state index in [1.54, 1.807) is 0 Å². The van der Waals surface area contributed by atoms with Crippen LogP contribution < -0.4 is 0 Å². The van der Waals surface area contributed by atoms with E-state index in [1.165, 1.54) is 6.21 Å². The van der Waals surface area contributed by atoms with E-state index in [0.29, 0.717) is 6.54 Å². The predicted molar refractivity (Wildman–Crippen MR) is 38.4 cm³/mol. The summed E-state index contributed by atoms with van der Waals surface area (Å²) in [4.78, 5) is 0. The average Bonchev–Trinajstić information content (AvgIpc) is 2.17. The number of fused-ring (bicyclic) bond motifs is 1. The van der Waals surface area contributed by atoms with Crippen LogP contribution in [0.2, 0.25) is 0 Å². The molecule has 2 aliphatic rings. The van der Waals surface area contributed by atoms with Crippen LogP contribution in [0.4, 0.5) is 0 Å². The number of ether oxygens (including phenoxy) is 2. The zero-order valence-electron chi connectivity index (χ0n) is 6.61. The van der Waals surface area contributed by atoms with Crippen LogP contribution in [0, 0.1) is 5.21 Å². The highest BCUT2D eigenvalue weighted by atomic mass is 16.8. The molecule has 0 aromatic heterocycles. The molecule has 0 radical (unpaired) electrons. The Balaban J connectivity index is 2.13. The van der Waals surface area contributed by atoms with Crippen LogP contribution in [0.25, 0.3) is 0 Å². The van der Waals surface area contributed by atoms with Crippen molar-refractivity contribution in [2.24, 2.45) is 0 Å². The van der Waals surface area contributed by atoms with Crippen molar-refractivity contribution in [3.8, 4) is 0 Å². The zero-order chi connectivity index (χ0) is 8.06. The van der Waals surface area contributed by atoms with Gasteiger partial charge >= 0.3 is 0 Å². The lowest BCUT2D eigenvalue weighted by atomic mass is 10.3. The molecule has 0 saturated carbocycles. The van der Waals surface area contributed by atoms with Crippen LogP contribution in [-0.4, -0.2) is 35.5 Å². The van der Waals surface area contributed by atoms with E-state index in [2.05, 4.69) is 0 Å². The largest absolute Gasteiger partial charge is 0.624 e. The minimum atomic E-state index is -0.521. The molecule has 1 saturated heterocycles. The van der Waals surface area contributed by atoms with Gasteiger partial charge in [-0.2, -0.15) is 0 Å². The van der Waals surface area contributed by atoms with Crippen LogP contribution in [-0.2, 0) is 9.47 Å². The molecule has 0 aliphatic carbocycles. The molecule has 0 N–H and O–H groups in total. The minimum Gasteiger partial charge on any atom is -0.624 e. The van der Waals surface area contributed by atoms with Crippen LogP contribution in [0.15, 0.2) is 0 Å². The van der Waals surface area contributed by atoms with Crippen molar-refractivity contribution in [1.29, 1.82) is 0 Å². The summed E-state index contributed by atoms with van der Waals surface area (Å²) in [7, 11) is 0. The molecule has 0 unspecified atom stereocenters. The second kappa shape index (κ2) is 1.95. The number of hydrogen-bond donors (Lipinski definition) is 0. The number of hydroxylamine groups is 1. The predicted octanol–water partition coefficient (Wildman–Crippen LogP) is 0.101. The average molecular weight is 157 g/mol. The zero-order valence-corrected chi connectivity index (χ0v) is 6.61. The van der Waals surface area contributed by atoms with Crippen molar-refractivity contribution >= 4 is 6.21 Å². The lowest BCUT2D eigenvalue weighted by Crippen LogP contribution is -2.24. The quantitative estimate of drug-likeness (QED) is 0.370. The first-order valence-electron chi connectivity index (χ1n) is 3.71. The third-order valence-electron chi connectivity index (χ3n) is 1.89. The van der Waals surface area contributed by atoms with E-state index in [-0.39, 0.29) is 12.2 Å². The Hall–Kier alpha value is -0.610. The fraction of sp³-hybridized carbons (Fsp3) is 0.857. The van der Waals surface area contributed by atoms with E-state index < -0.39 is 5.79 Å². The Kier molecular flexibility index (Phi) is 1.25. The van der Waals surface area contributed by atoms with Gasteiger partial charge in [-0.1, -0.05) is 0 Å². The molecule has 4 nitrogen and oxygen atoms in total. The molecule has 2 aliphatic heterocycles. The Labute approximate surface area is 65.0 Å². The van der Waals surface area contributed by atoms with Crippen LogP contribution in [0.1, 0.15) is 13.8 Å². The van der Waals surface area contributed by atoms with Gasteiger partial charge in [-0.05, 0) is 13.8 Å². The normalized spacial score (nSPS) is 40.4. The van der Waals surface area contributed by atoms with Crippen LogP contribution in [0.5, 0.6) is 0 Å². The van der Waals surface area contributed by atoms with Gasteiger partial charge in [0.05, 0.1) is 0 Å². The molecule has 62 valence electrons. The molecule has 0 aromatic carbocycles. The molecule has 4 heteroatoms. The van der Waals surface area contributed by atoms with Crippen LogP contribution in [0.3, 0.4) is 0 Å². The van der Waals surface area contributed by atoms with Gasteiger partial charge in [-0.15, -0.1) is 0 Å². The summed E-state index contributed by atoms with van der Waals surface area (Å²) >= 11 is 0. The second-order valence-electron chi connectivity index (χ2n) is 3.39. The highest BCUT2D eigenvalue weighted by Gasteiger charge is 2.47. The summed E-state index contributed by atoms with van der Waals surface area (Å²) in [6.07, 6.45) is 1.32. The first-order valence-corrected chi connectivity index (χ1v) is 3.71. The molecule has 11 heavy (non-hydrogen) atoms. The number of nitrogens with zero attached hydrogens (tertiary/aromatic N) is 1. The molecular formula is C7H11NO3. The summed E-state index contributed by atoms with van der Waals surface area (Å²) in [5.74, 6) is -0.521. The molecule has 2 rings (SSSR count). The van der Waals surface area contributed by atoms with E-state index in [9.17, 15) is 5.21 Å². The lowest BCUT2D eigenvalue weighted by molar-refractivity contribution is -0.456. The van der Waals surface area contributed by atoms with Gasteiger partial charge in [0.15, 0.2) is 30.8 Å². The molecule has 2 atom stereocenters. The Bertz CT molecular complexity index is 212. The molecule has 0 bridgehead atoms. The Morgan fingerprint density at radius 3 is 2.91 bits per heavy atom. The Morgan fingerprint density at radius 2 is 2.27 bits per heavy atom. The minimum absolute atomic E-state index is 0.0671. The molecule has 1 fully saturated rings. The molecule has 0 aromatic rings. The lowest BCUT2D eigenvalue weighted by Gasteiger charge is -2.16. The van der Waals surface area contributed by atoms with Gasteiger partial charge in [-0.3, -0.25) is 0 Å².